The summed E-state index contributed by atoms with van der Waals surface area (Å²) in [6.07, 6.45) is 0. The number of nitrogens with zero attached hydrogens (tertiary/aromatic N) is 3. The van der Waals surface area contributed by atoms with Crippen LogP contribution < -0.4 is 4.90 Å². The van der Waals surface area contributed by atoms with Crippen LogP contribution in [0.5, 0.6) is 0 Å². The van der Waals surface area contributed by atoms with Crippen LogP contribution in [0.25, 0.3) is 11.1 Å². The van der Waals surface area contributed by atoms with Crippen molar-refractivity contribution >= 4 is 52.3 Å². The Morgan fingerprint density at radius 2 is 1.46 bits per heavy atom. The van der Waals surface area contributed by atoms with Gasteiger partial charge in [0.2, 0.25) is 0 Å². The first kappa shape index (κ1) is 25.3. The Morgan fingerprint density at radius 3 is 2.03 bits per heavy atom. The molecule has 35 heavy (non-hydrogen) atoms. The maximum absolute atomic E-state index is 14.2. The van der Waals surface area contributed by atoms with Crippen LogP contribution in [0.1, 0.15) is 20.7 Å². The van der Waals surface area contributed by atoms with Crippen LogP contribution in [0.3, 0.4) is 0 Å². The quantitative estimate of drug-likeness (QED) is 0.405. The molecule has 1 aliphatic heterocycles. The molecular weight excluding hydrogens is 512 g/mol. The predicted octanol–water partition coefficient (Wildman–Crippen LogP) is 6.12. The fourth-order valence-electron chi connectivity index (χ4n) is 4.06. The van der Waals surface area contributed by atoms with Gasteiger partial charge in [0.25, 0.3) is 11.8 Å². The number of rotatable bonds is 4. The van der Waals surface area contributed by atoms with Gasteiger partial charge in [0.1, 0.15) is 5.82 Å². The Balaban J connectivity index is 1.47. The normalized spacial score (nSPS) is 13.7. The van der Waals surface area contributed by atoms with Crippen molar-refractivity contribution in [1.82, 2.24) is 9.80 Å². The molecule has 4 rings (SSSR count). The molecule has 0 unspecified atom stereocenters. The number of carbonyl (C=O) groups excluding carboxylic acids is 2. The minimum Gasteiger partial charge on any atom is -0.367 e. The zero-order chi connectivity index (χ0) is 25.3. The van der Waals surface area contributed by atoms with Crippen molar-refractivity contribution in [3.63, 3.8) is 0 Å². The number of hydrogen-bond donors (Lipinski definition) is 0. The molecule has 3 aromatic carbocycles. The second-order valence-electron chi connectivity index (χ2n) is 8.44. The molecular formula is C26H23Cl3FN3O2. The topological polar surface area (TPSA) is 43.9 Å². The minimum absolute atomic E-state index is 0.0954. The summed E-state index contributed by atoms with van der Waals surface area (Å²) in [6, 6.07) is 15.2. The number of hydrogen-bond acceptors (Lipinski definition) is 3. The maximum atomic E-state index is 14.2. The highest BCUT2D eigenvalue weighted by atomic mass is 35.5. The van der Waals surface area contributed by atoms with Crippen LogP contribution in [-0.4, -0.2) is 61.9 Å². The number of anilines is 1. The van der Waals surface area contributed by atoms with Crippen molar-refractivity contribution in [2.75, 3.05) is 45.2 Å². The van der Waals surface area contributed by atoms with Gasteiger partial charge in [0.05, 0.1) is 31.9 Å². The Morgan fingerprint density at radius 1 is 0.829 bits per heavy atom. The van der Waals surface area contributed by atoms with Crippen LogP contribution in [0.15, 0.2) is 54.6 Å². The lowest BCUT2D eigenvalue weighted by atomic mass is 10.0. The summed E-state index contributed by atoms with van der Waals surface area (Å²) in [4.78, 5) is 30.2. The van der Waals surface area contributed by atoms with E-state index in [1.807, 2.05) is 24.3 Å². The van der Waals surface area contributed by atoms with E-state index in [2.05, 4.69) is 4.90 Å². The van der Waals surface area contributed by atoms with Gasteiger partial charge in [0.15, 0.2) is 0 Å². The van der Waals surface area contributed by atoms with Crippen molar-refractivity contribution in [2.45, 2.75) is 0 Å². The molecule has 0 radical (unpaired) electrons. The second-order valence-corrected chi connectivity index (χ2v) is 9.66. The SMILES string of the molecule is CN(C)C(=O)c1ccc(-c2ccc(N3CCN(C(=O)c4c(F)cccc4Cl)CC3)c(Cl)c2)cc1Cl. The molecule has 1 heterocycles. The Hall–Kier alpha value is -2.80. The first-order valence-corrected chi connectivity index (χ1v) is 12.1. The number of benzene rings is 3. The molecule has 0 atom stereocenters. The highest BCUT2D eigenvalue weighted by Crippen LogP contribution is 2.34. The summed E-state index contributed by atoms with van der Waals surface area (Å²) in [5, 5.41) is 1.04. The molecule has 1 fully saturated rings. The van der Waals surface area contributed by atoms with Crippen LogP contribution in [0.4, 0.5) is 10.1 Å². The fraction of sp³-hybridized carbons (Fsp3) is 0.231. The van der Waals surface area contributed by atoms with E-state index < -0.39 is 11.7 Å². The van der Waals surface area contributed by atoms with Gasteiger partial charge in [-0.05, 0) is 47.5 Å². The van der Waals surface area contributed by atoms with Gasteiger partial charge in [0, 0.05) is 40.3 Å². The summed E-state index contributed by atoms with van der Waals surface area (Å²) in [6.45, 7) is 1.92. The van der Waals surface area contributed by atoms with Crippen molar-refractivity contribution in [2.24, 2.45) is 0 Å². The first-order chi connectivity index (χ1) is 16.7. The second kappa shape index (κ2) is 10.4. The molecule has 2 amide bonds. The van der Waals surface area contributed by atoms with E-state index in [0.29, 0.717) is 41.8 Å². The number of halogens is 4. The smallest absolute Gasteiger partial charge is 0.258 e. The van der Waals surface area contributed by atoms with E-state index in [-0.39, 0.29) is 16.5 Å². The zero-order valence-electron chi connectivity index (χ0n) is 19.2. The summed E-state index contributed by atoms with van der Waals surface area (Å²) in [5.74, 6) is -1.20. The van der Waals surface area contributed by atoms with E-state index >= 15 is 0 Å². The van der Waals surface area contributed by atoms with Crippen molar-refractivity contribution in [1.29, 1.82) is 0 Å². The standard InChI is InChI=1S/C26H23Cl3FN3O2/c1-31(2)25(34)18-8-6-16(14-20(18)28)17-7-9-23(21(29)15-17)32-10-12-33(13-11-32)26(35)24-19(27)4-3-5-22(24)30/h3-9,14-15H,10-13H2,1-2H3. The molecule has 0 saturated carbocycles. The van der Waals surface area contributed by atoms with E-state index in [1.165, 1.54) is 23.1 Å². The lowest BCUT2D eigenvalue weighted by Gasteiger charge is -2.36. The molecule has 0 aromatic heterocycles. The third-order valence-electron chi connectivity index (χ3n) is 5.97. The van der Waals surface area contributed by atoms with Crippen LogP contribution in [0.2, 0.25) is 15.1 Å². The summed E-state index contributed by atoms with van der Waals surface area (Å²) in [7, 11) is 3.35. The van der Waals surface area contributed by atoms with Gasteiger partial charge in [-0.3, -0.25) is 9.59 Å². The molecule has 1 saturated heterocycles. The minimum atomic E-state index is -0.622. The molecule has 182 valence electrons. The molecule has 0 N–H and O–H groups in total. The fourth-order valence-corrected chi connectivity index (χ4v) is 4.87. The van der Waals surface area contributed by atoms with E-state index in [0.717, 1.165) is 16.8 Å². The van der Waals surface area contributed by atoms with Gasteiger partial charge in [-0.25, -0.2) is 4.39 Å². The third kappa shape index (κ3) is 5.25. The zero-order valence-corrected chi connectivity index (χ0v) is 21.5. The largest absolute Gasteiger partial charge is 0.367 e. The van der Waals surface area contributed by atoms with Crippen LogP contribution >= 0.6 is 34.8 Å². The van der Waals surface area contributed by atoms with Crippen molar-refractivity contribution in [3.05, 3.63) is 86.6 Å². The van der Waals surface area contributed by atoms with E-state index in [4.69, 9.17) is 34.8 Å². The van der Waals surface area contributed by atoms with Gasteiger partial charge < -0.3 is 14.7 Å². The van der Waals surface area contributed by atoms with Crippen LogP contribution in [-0.2, 0) is 0 Å². The molecule has 3 aromatic rings. The summed E-state index contributed by atoms with van der Waals surface area (Å²) >= 11 is 19.0. The van der Waals surface area contributed by atoms with Crippen molar-refractivity contribution < 1.29 is 14.0 Å². The average molecular weight is 535 g/mol. The Labute approximate surface area is 218 Å². The van der Waals surface area contributed by atoms with Crippen LogP contribution in [0, 0.1) is 5.82 Å². The first-order valence-electron chi connectivity index (χ1n) is 11.0. The Kier molecular flexibility index (Phi) is 7.55. The van der Waals surface area contributed by atoms with Gasteiger partial charge >= 0.3 is 0 Å². The lowest BCUT2D eigenvalue weighted by Crippen LogP contribution is -2.49. The maximum Gasteiger partial charge on any atom is 0.258 e. The predicted molar refractivity (Wildman–Crippen MR) is 139 cm³/mol. The average Bonchev–Trinajstić information content (AvgIpc) is 2.83. The highest BCUT2D eigenvalue weighted by Gasteiger charge is 2.26. The van der Waals surface area contributed by atoms with E-state index in [9.17, 15) is 14.0 Å². The lowest BCUT2D eigenvalue weighted by molar-refractivity contribution is 0.0741. The summed E-state index contributed by atoms with van der Waals surface area (Å²) < 4.78 is 14.2. The van der Waals surface area contributed by atoms with Gasteiger partial charge in [-0.2, -0.15) is 0 Å². The third-order valence-corrected chi connectivity index (χ3v) is 6.90. The van der Waals surface area contributed by atoms with E-state index in [1.54, 1.807) is 31.1 Å². The Bertz CT molecular complexity index is 1270. The van der Waals surface area contributed by atoms with Crippen molar-refractivity contribution in [3.8, 4) is 11.1 Å². The molecule has 0 spiro atoms. The number of amides is 2. The summed E-state index contributed by atoms with van der Waals surface area (Å²) in [5.41, 5.74) is 2.90. The monoisotopic (exact) mass is 533 g/mol. The molecule has 1 aliphatic rings. The highest BCUT2D eigenvalue weighted by molar-refractivity contribution is 6.35. The van der Waals surface area contributed by atoms with Gasteiger partial charge in [-0.1, -0.05) is 53.0 Å². The molecule has 5 nitrogen and oxygen atoms in total. The molecule has 0 aliphatic carbocycles. The molecule has 9 heteroatoms. The number of piperazine rings is 1. The molecule has 0 bridgehead atoms. The number of carbonyl (C=O) groups is 2. The van der Waals surface area contributed by atoms with Gasteiger partial charge in [-0.15, -0.1) is 0 Å².